The average molecular weight is 367 g/mol. The van der Waals surface area contributed by atoms with Gasteiger partial charge in [-0.05, 0) is 56.2 Å². The largest absolute Gasteiger partial charge is 0.395 e. The Hall–Kier alpha value is -1.80. The summed E-state index contributed by atoms with van der Waals surface area (Å²) in [6.45, 7) is 2.64. The van der Waals surface area contributed by atoms with Crippen molar-refractivity contribution in [3.05, 3.63) is 23.8 Å². The lowest BCUT2D eigenvalue weighted by atomic mass is 9.93. The molecule has 1 saturated heterocycles. The van der Waals surface area contributed by atoms with Crippen LogP contribution in [0.4, 0.5) is 11.4 Å². The van der Waals surface area contributed by atoms with Crippen LogP contribution in [0.3, 0.4) is 0 Å². The average Bonchev–Trinajstić information content (AvgIpc) is 3.33. The zero-order valence-electron chi connectivity index (χ0n) is 14.4. The molecule has 1 aliphatic heterocycles. The summed E-state index contributed by atoms with van der Waals surface area (Å²) >= 11 is 0. The second kappa shape index (κ2) is 6.49. The van der Waals surface area contributed by atoms with Crippen LogP contribution < -0.4 is 15.4 Å². The third-order valence-corrected chi connectivity index (χ3v) is 7.16. The Morgan fingerprint density at radius 1 is 1.32 bits per heavy atom. The van der Waals surface area contributed by atoms with Crippen molar-refractivity contribution in [1.29, 1.82) is 0 Å². The predicted octanol–water partition coefficient (Wildman–Crippen LogP) is 1.29. The zero-order valence-corrected chi connectivity index (χ0v) is 15.2. The second-order valence-electron chi connectivity index (χ2n) is 7.22. The fourth-order valence-electron chi connectivity index (χ4n) is 3.33. The van der Waals surface area contributed by atoms with Crippen molar-refractivity contribution < 1.29 is 18.3 Å². The van der Waals surface area contributed by atoms with Crippen molar-refractivity contribution in [3.8, 4) is 0 Å². The van der Waals surface area contributed by atoms with Crippen molar-refractivity contribution in [2.24, 2.45) is 11.1 Å². The molecule has 2 aliphatic rings. The number of anilines is 2. The number of carbonyl (C=O) groups excluding carboxylic acids is 1. The number of carbonyl (C=O) groups is 1. The molecule has 1 saturated carbocycles. The van der Waals surface area contributed by atoms with Gasteiger partial charge in [0, 0.05) is 13.1 Å². The van der Waals surface area contributed by atoms with Gasteiger partial charge in [0.15, 0.2) is 0 Å². The first kappa shape index (κ1) is 18.0. The van der Waals surface area contributed by atoms with Gasteiger partial charge in [0.2, 0.25) is 10.0 Å². The number of nitrogens with two attached hydrogens (primary N) is 1. The summed E-state index contributed by atoms with van der Waals surface area (Å²) in [6, 6.07) is 4.74. The number of aliphatic hydroxyl groups is 1. The van der Waals surface area contributed by atoms with Crippen LogP contribution in [0.15, 0.2) is 18.2 Å². The Balaban J connectivity index is 1.86. The smallest absolute Gasteiger partial charge is 0.250 e. The highest BCUT2D eigenvalue weighted by Crippen LogP contribution is 2.54. The van der Waals surface area contributed by atoms with E-state index in [1.807, 2.05) is 0 Å². The number of nitrogens with zero attached hydrogens (tertiary/aromatic N) is 1. The fraction of sp³-hybridized carbons (Fsp3) is 0.588. The van der Waals surface area contributed by atoms with Crippen LogP contribution in [-0.4, -0.2) is 44.4 Å². The van der Waals surface area contributed by atoms with Crippen LogP contribution in [0.1, 0.15) is 43.0 Å². The maximum atomic E-state index is 12.2. The van der Waals surface area contributed by atoms with Gasteiger partial charge in [-0.3, -0.25) is 9.52 Å². The molecular formula is C17H25N3O4S. The lowest BCUT2D eigenvalue weighted by Gasteiger charge is -2.35. The lowest BCUT2D eigenvalue weighted by molar-refractivity contribution is 0.100. The highest BCUT2D eigenvalue weighted by atomic mass is 32.2. The third kappa shape index (κ3) is 3.74. The molecule has 1 aromatic carbocycles. The number of hydrogen-bond acceptors (Lipinski definition) is 5. The maximum absolute atomic E-state index is 12.2. The van der Waals surface area contributed by atoms with E-state index in [-0.39, 0.29) is 0 Å². The predicted molar refractivity (Wildman–Crippen MR) is 97.2 cm³/mol. The monoisotopic (exact) mass is 367 g/mol. The molecular weight excluding hydrogens is 342 g/mol. The van der Waals surface area contributed by atoms with E-state index >= 15 is 0 Å². The molecule has 1 spiro atoms. The first-order valence-electron chi connectivity index (χ1n) is 8.58. The Kier molecular flexibility index (Phi) is 4.68. The molecule has 0 aromatic heterocycles. The molecule has 8 heteroatoms. The number of primary amides is 1. The molecule has 0 bridgehead atoms. The summed E-state index contributed by atoms with van der Waals surface area (Å²) in [4.78, 5) is 13.9. The van der Waals surface area contributed by atoms with Gasteiger partial charge in [-0.15, -0.1) is 0 Å². The molecule has 138 valence electrons. The molecule has 0 radical (unpaired) electrons. The Bertz CT molecular complexity index is 764. The van der Waals surface area contributed by atoms with E-state index in [9.17, 15) is 13.2 Å². The van der Waals surface area contributed by atoms with Crippen molar-refractivity contribution in [3.63, 3.8) is 0 Å². The molecule has 1 atom stereocenters. The van der Waals surface area contributed by atoms with Gasteiger partial charge in [0.25, 0.3) is 5.91 Å². The van der Waals surface area contributed by atoms with E-state index in [2.05, 4.69) is 9.62 Å². The van der Waals surface area contributed by atoms with Gasteiger partial charge >= 0.3 is 0 Å². The number of aliphatic hydroxyl groups excluding tert-OH is 1. The van der Waals surface area contributed by atoms with Crippen LogP contribution in [0.2, 0.25) is 0 Å². The van der Waals surface area contributed by atoms with Gasteiger partial charge in [-0.2, -0.15) is 0 Å². The number of nitrogens with one attached hydrogen (secondary N) is 1. The first-order valence-corrected chi connectivity index (χ1v) is 10.1. The number of amides is 1. The van der Waals surface area contributed by atoms with E-state index in [0.717, 1.165) is 25.9 Å². The molecule has 1 aromatic rings. The van der Waals surface area contributed by atoms with E-state index in [1.54, 1.807) is 12.1 Å². The zero-order chi connectivity index (χ0) is 18.2. The Labute approximate surface area is 148 Å². The lowest BCUT2D eigenvalue weighted by Crippen LogP contribution is -2.36. The molecule has 3 rings (SSSR count). The van der Waals surface area contributed by atoms with Gasteiger partial charge in [0.05, 0.1) is 23.5 Å². The molecule has 1 unspecified atom stereocenters. The number of sulfonamides is 1. The summed E-state index contributed by atoms with van der Waals surface area (Å²) in [6.07, 6.45) is 4.73. The van der Waals surface area contributed by atoms with Crippen molar-refractivity contribution in [1.82, 2.24) is 0 Å². The van der Waals surface area contributed by atoms with Crippen LogP contribution in [0, 0.1) is 5.41 Å². The van der Waals surface area contributed by atoms with Crippen molar-refractivity contribution in [2.45, 2.75) is 37.9 Å². The minimum atomic E-state index is -3.69. The Morgan fingerprint density at radius 3 is 2.48 bits per heavy atom. The summed E-state index contributed by atoms with van der Waals surface area (Å²) in [5.74, 6) is -0.528. The second-order valence-corrected chi connectivity index (χ2v) is 9.32. The molecule has 1 heterocycles. The van der Waals surface area contributed by atoms with Gasteiger partial charge in [0.1, 0.15) is 5.25 Å². The van der Waals surface area contributed by atoms with E-state index < -0.39 is 27.8 Å². The van der Waals surface area contributed by atoms with Crippen LogP contribution in [-0.2, 0) is 10.0 Å². The number of hydrogen-bond donors (Lipinski definition) is 3. The molecule has 4 N–H and O–H groups in total. The highest BCUT2D eigenvalue weighted by molar-refractivity contribution is 7.93. The summed E-state index contributed by atoms with van der Waals surface area (Å²) in [5, 5.41) is 8.17. The van der Waals surface area contributed by atoms with Crippen LogP contribution >= 0.6 is 0 Å². The third-order valence-electron chi connectivity index (χ3n) is 5.43. The maximum Gasteiger partial charge on any atom is 0.250 e. The molecule has 1 aliphatic carbocycles. The first-order chi connectivity index (χ1) is 11.8. The van der Waals surface area contributed by atoms with Gasteiger partial charge in [-0.25, -0.2) is 8.42 Å². The number of benzene rings is 1. The molecule has 7 nitrogen and oxygen atoms in total. The number of piperidine rings is 1. The fourth-order valence-corrected chi connectivity index (χ4v) is 4.18. The summed E-state index contributed by atoms with van der Waals surface area (Å²) < 4.78 is 26.8. The SMILES string of the molecule is CC(CO)S(=O)(=O)Nc1ccc(C(N)=O)c(N2CCC3(CC2)CC3)c1. The highest BCUT2D eigenvalue weighted by Gasteiger charge is 2.44. The summed E-state index contributed by atoms with van der Waals surface area (Å²) in [7, 11) is -3.69. The van der Waals surface area contributed by atoms with E-state index in [4.69, 9.17) is 10.8 Å². The minimum absolute atomic E-state index is 0.368. The quantitative estimate of drug-likeness (QED) is 0.701. The van der Waals surface area contributed by atoms with Gasteiger partial charge in [-0.1, -0.05) is 0 Å². The van der Waals surface area contributed by atoms with Gasteiger partial charge < -0.3 is 15.7 Å². The number of rotatable bonds is 6. The molecule has 1 amide bonds. The van der Waals surface area contributed by atoms with E-state index in [1.165, 1.54) is 25.8 Å². The summed E-state index contributed by atoms with van der Waals surface area (Å²) in [5.41, 5.74) is 7.42. The van der Waals surface area contributed by atoms with E-state index in [0.29, 0.717) is 22.4 Å². The normalized spacial score (nSPS) is 20.3. The van der Waals surface area contributed by atoms with Crippen LogP contribution in [0.5, 0.6) is 0 Å². The minimum Gasteiger partial charge on any atom is -0.395 e. The molecule has 2 fully saturated rings. The Morgan fingerprint density at radius 2 is 1.96 bits per heavy atom. The standard InChI is InChI=1S/C17H25N3O4S/c1-12(11-21)25(23,24)19-13-2-3-14(16(18)22)15(10-13)20-8-6-17(4-5-17)7-9-20/h2-3,10,12,19,21H,4-9,11H2,1H3,(H2,18,22). The van der Waals surface area contributed by atoms with Crippen molar-refractivity contribution >= 4 is 27.3 Å². The van der Waals surface area contributed by atoms with Crippen LogP contribution in [0.25, 0.3) is 0 Å². The molecule has 25 heavy (non-hydrogen) atoms. The van der Waals surface area contributed by atoms with Crippen molar-refractivity contribution in [2.75, 3.05) is 29.3 Å². The topological polar surface area (TPSA) is 113 Å².